The lowest BCUT2D eigenvalue weighted by Crippen LogP contribution is -2.48. The molecule has 1 fully saturated rings. The maximum Gasteiger partial charge on any atom is 0.241 e. The minimum atomic E-state index is -0.150. The van der Waals surface area contributed by atoms with Gasteiger partial charge in [0.15, 0.2) is 0 Å². The van der Waals surface area contributed by atoms with Crippen molar-refractivity contribution in [2.75, 3.05) is 50.0 Å². The summed E-state index contributed by atoms with van der Waals surface area (Å²) >= 11 is 6.00. The van der Waals surface area contributed by atoms with Crippen molar-refractivity contribution in [2.45, 2.75) is 6.54 Å². The molecule has 2 amide bonds. The highest BCUT2D eigenvalue weighted by Crippen LogP contribution is 2.25. The zero-order valence-electron chi connectivity index (χ0n) is 18.4. The van der Waals surface area contributed by atoms with Crippen LogP contribution in [0.2, 0.25) is 5.02 Å². The van der Waals surface area contributed by atoms with Crippen molar-refractivity contribution in [1.29, 1.82) is 0 Å². The number of pyridine rings is 1. The number of likely N-dealkylation sites (N-methyl/N-ethyl adjacent to an activating group) is 1. The van der Waals surface area contributed by atoms with Crippen molar-refractivity contribution in [2.24, 2.45) is 0 Å². The summed E-state index contributed by atoms with van der Waals surface area (Å²) < 4.78 is 1.49. The molecular weight excluding hydrogens is 442 g/mol. The molecule has 0 saturated carbocycles. The first-order valence-electron chi connectivity index (χ1n) is 10.7. The molecule has 3 heterocycles. The van der Waals surface area contributed by atoms with E-state index in [9.17, 15) is 9.59 Å². The van der Waals surface area contributed by atoms with Crippen LogP contribution in [0.4, 0.5) is 11.4 Å². The summed E-state index contributed by atoms with van der Waals surface area (Å²) in [5, 5.41) is 10.2. The van der Waals surface area contributed by atoms with E-state index in [-0.39, 0.29) is 18.4 Å². The van der Waals surface area contributed by atoms with Crippen molar-refractivity contribution in [3.05, 3.63) is 60.1 Å². The van der Waals surface area contributed by atoms with Crippen LogP contribution < -0.4 is 15.5 Å². The number of carbonyl (C=O) groups excluding carboxylic acids is 2. The third-order valence-electron chi connectivity index (χ3n) is 5.51. The lowest BCUT2D eigenvalue weighted by Gasteiger charge is -2.35. The zero-order chi connectivity index (χ0) is 23.2. The van der Waals surface area contributed by atoms with E-state index in [4.69, 9.17) is 11.6 Å². The highest BCUT2D eigenvalue weighted by atomic mass is 35.5. The molecule has 1 aliphatic heterocycles. The van der Waals surface area contributed by atoms with Gasteiger partial charge in [-0.2, -0.15) is 5.10 Å². The second-order valence-corrected chi connectivity index (χ2v) is 8.29. The molecule has 0 atom stereocenters. The minimum Gasteiger partial charge on any atom is -0.368 e. The van der Waals surface area contributed by atoms with Gasteiger partial charge in [0.2, 0.25) is 11.8 Å². The van der Waals surface area contributed by atoms with Gasteiger partial charge in [-0.1, -0.05) is 23.7 Å². The van der Waals surface area contributed by atoms with Gasteiger partial charge in [-0.3, -0.25) is 24.2 Å². The predicted molar refractivity (Wildman–Crippen MR) is 128 cm³/mol. The average Bonchev–Trinajstić information content (AvgIpc) is 3.26. The normalized spacial score (nSPS) is 14.2. The Kier molecular flexibility index (Phi) is 7.21. The van der Waals surface area contributed by atoms with Crippen LogP contribution in [0.25, 0.3) is 11.1 Å². The van der Waals surface area contributed by atoms with E-state index in [1.165, 1.54) is 4.68 Å². The third kappa shape index (κ3) is 6.09. The van der Waals surface area contributed by atoms with Gasteiger partial charge in [0, 0.05) is 56.2 Å². The number of aromatic nitrogens is 3. The molecule has 9 nitrogen and oxygen atoms in total. The SMILES string of the molecule is CNC(=O)Cn1cc(NC(=O)CN2CCN(c3cncc(-c4ccc(Cl)cc4)c3)CC2)cn1. The number of piperazine rings is 1. The van der Waals surface area contributed by atoms with Crippen LogP contribution in [0, 0.1) is 0 Å². The van der Waals surface area contributed by atoms with Crippen LogP contribution in [0.3, 0.4) is 0 Å². The number of carbonyl (C=O) groups is 2. The highest BCUT2D eigenvalue weighted by Gasteiger charge is 2.20. The number of nitrogens with one attached hydrogen (secondary N) is 2. The monoisotopic (exact) mass is 467 g/mol. The lowest BCUT2D eigenvalue weighted by molar-refractivity contribution is -0.121. The number of anilines is 2. The van der Waals surface area contributed by atoms with E-state index in [1.54, 1.807) is 19.4 Å². The standard InChI is InChI=1S/C23H26ClN7O2/c1-25-22(32)16-31-14-20(12-27-31)28-23(33)15-29-6-8-30(9-7-29)21-10-18(11-26-13-21)17-2-4-19(24)5-3-17/h2-5,10-14H,6-9,15-16H2,1H3,(H,25,32)(H,28,33). The molecule has 0 aliphatic carbocycles. The Labute approximate surface area is 197 Å². The number of hydrogen-bond donors (Lipinski definition) is 2. The van der Waals surface area contributed by atoms with Gasteiger partial charge in [0.05, 0.1) is 30.3 Å². The van der Waals surface area contributed by atoms with E-state index in [0.717, 1.165) is 43.0 Å². The minimum absolute atomic E-state index is 0.102. The Balaban J connectivity index is 1.28. The molecular formula is C23H26ClN7O2. The van der Waals surface area contributed by atoms with Crippen molar-refractivity contribution < 1.29 is 9.59 Å². The van der Waals surface area contributed by atoms with Crippen LogP contribution in [0.5, 0.6) is 0 Å². The van der Waals surface area contributed by atoms with Crippen molar-refractivity contribution in [3.63, 3.8) is 0 Å². The first kappa shape index (κ1) is 22.8. The molecule has 1 saturated heterocycles. The molecule has 0 radical (unpaired) electrons. The number of rotatable bonds is 7. The summed E-state index contributed by atoms with van der Waals surface area (Å²) in [4.78, 5) is 32.7. The molecule has 0 bridgehead atoms. The first-order chi connectivity index (χ1) is 16.0. The molecule has 33 heavy (non-hydrogen) atoms. The van der Waals surface area contributed by atoms with Crippen LogP contribution in [0.1, 0.15) is 0 Å². The fourth-order valence-corrected chi connectivity index (χ4v) is 3.84. The zero-order valence-corrected chi connectivity index (χ0v) is 19.1. The van der Waals surface area contributed by atoms with Crippen molar-refractivity contribution in [3.8, 4) is 11.1 Å². The predicted octanol–water partition coefficient (Wildman–Crippen LogP) is 2.11. The van der Waals surface area contributed by atoms with E-state index < -0.39 is 0 Å². The van der Waals surface area contributed by atoms with E-state index >= 15 is 0 Å². The molecule has 1 aromatic carbocycles. The topological polar surface area (TPSA) is 95.4 Å². The molecule has 10 heteroatoms. The summed E-state index contributed by atoms with van der Waals surface area (Å²) in [5.41, 5.74) is 3.76. The highest BCUT2D eigenvalue weighted by molar-refractivity contribution is 6.30. The molecule has 4 rings (SSSR count). The fraction of sp³-hybridized carbons (Fsp3) is 0.304. The number of halogens is 1. The maximum atomic E-state index is 12.4. The summed E-state index contributed by atoms with van der Waals surface area (Å²) in [6.07, 6.45) is 6.91. The van der Waals surface area contributed by atoms with Gasteiger partial charge >= 0.3 is 0 Å². The second-order valence-electron chi connectivity index (χ2n) is 7.85. The second kappa shape index (κ2) is 10.5. The first-order valence-corrected chi connectivity index (χ1v) is 11.1. The van der Waals surface area contributed by atoms with Crippen LogP contribution in [0.15, 0.2) is 55.1 Å². The summed E-state index contributed by atoms with van der Waals surface area (Å²) in [6, 6.07) is 9.86. The molecule has 2 aromatic heterocycles. The molecule has 0 spiro atoms. The Morgan fingerprint density at radius 3 is 2.45 bits per heavy atom. The largest absolute Gasteiger partial charge is 0.368 e. The van der Waals surface area contributed by atoms with Crippen LogP contribution in [-0.2, 0) is 16.1 Å². The Hall–Kier alpha value is -3.43. The molecule has 2 N–H and O–H groups in total. The van der Waals surface area contributed by atoms with Gasteiger partial charge in [-0.15, -0.1) is 0 Å². The molecule has 3 aromatic rings. The summed E-state index contributed by atoms with van der Waals surface area (Å²) in [6.45, 7) is 3.58. The van der Waals surface area contributed by atoms with Gasteiger partial charge in [-0.25, -0.2) is 0 Å². The Morgan fingerprint density at radius 1 is 0.970 bits per heavy atom. The van der Waals surface area contributed by atoms with Crippen LogP contribution >= 0.6 is 11.6 Å². The third-order valence-corrected chi connectivity index (χ3v) is 5.76. The summed E-state index contributed by atoms with van der Waals surface area (Å²) in [5.74, 6) is -0.253. The fourth-order valence-electron chi connectivity index (χ4n) is 3.71. The van der Waals surface area contributed by atoms with Gasteiger partial charge in [-0.05, 0) is 23.8 Å². The van der Waals surface area contributed by atoms with E-state index in [1.807, 2.05) is 36.7 Å². The Bertz CT molecular complexity index is 1110. The average molecular weight is 468 g/mol. The van der Waals surface area contributed by atoms with Gasteiger partial charge < -0.3 is 15.5 Å². The number of nitrogens with zero attached hydrogens (tertiary/aromatic N) is 5. The van der Waals surface area contributed by atoms with Crippen molar-refractivity contribution in [1.82, 2.24) is 25.0 Å². The van der Waals surface area contributed by atoms with Crippen LogP contribution in [-0.4, -0.2) is 71.3 Å². The Morgan fingerprint density at radius 2 is 1.73 bits per heavy atom. The van der Waals surface area contributed by atoms with E-state index in [2.05, 4.69) is 36.6 Å². The lowest BCUT2D eigenvalue weighted by atomic mass is 10.1. The van der Waals surface area contributed by atoms with Gasteiger partial charge in [0.25, 0.3) is 0 Å². The number of benzene rings is 1. The van der Waals surface area contributed by atoms with E-state index in [0.29, 0.717) is 17.3 Å². The van der Waals surface area contributed by atoms with Crippen molar-refractivity contribution >= 4 is 34.8 Å². The molecule has 0 unspecified atom stereocenters. The number of amides is 2. The molecule has 1 aliphatic rings. The van der Waals surface area contributed by atoms with Gasteiger partial charge in [0.1, 0.15) is 6.54 Å². The quantitative estimate of drug-likeness (QED) is 0.552. The summed E-state index contributed by atoms with van der Waals surface area (Å²) in [7, 11) is 1.57. The maximum absolute atomic E-state index is 12.4. The molecule has 172 valence electrons. The smallest absolute Gasteiger partial charge is 0.241 e. The number of hydrogen-bond acceptors (Lipinski definition) is 6.